The second kappa shape index (κ2) is 7.32. The Hall–Kier alpha value is -3.26. The Morgan fingerprint density at radius 1 is 0.923 bits per heavy atom. The summed E-state index contributed by atoms with van der Waals surface area (Å²) in [5.41, 5.74) is 0.724. The minimum Gasteiger partial charge on any atom is -0.423 e. The van der Waals surface area contributed by atoms with E-state index in [1.165, 1.54) is 18.2 Å². The molecule has 130 valence electrons. The van der Waals surface area contributed by atoms with Gasteiger partial charge < -0.3 is 4.74 Å². The number of carbonyl (C=O) groups is 4. The number of nitrogens with one attached hydrogen (secondary N) is 2. The number of imide groups is 2. The van der Waals surface area contributed by atoms with Gasteiger partial charge in [-0.1, -0.05) is 24.3 Å². The highest BCUT2D eigenvalue weighted by atomic mass is 79.9. The first-order valence-electron chi connectivity index (χ1n) is 7.39. The monoisotopic (exact) mass is 414 g/mol. The van der Waals surface area contributed by atoms with Crippen LogP contribution in [0.25, 0.3) is 6.08 Å². The van der Waals surface area contributed by atoms with Gasteiger partial charge in [-0.25, -0.2) is 9.59 Å². The molecule has 26 heavy (non-hydrogen) atoms. The Labute approximate surface area is 156 Å². The molecule has 2 N–H and O–H groups in total. The standard InChI is InChI=1S/C18H11BrN2O5/c19-14-4-2-1-3-12(14)17(24)26-11-7-5-10(6-8-11)9-13-15(22)20-18(25)21-16(13)23/h1-9H,(H2,20,21,22,23,25). The average molecular weight is 415 g/mol. The highest BCUT2D eigenvalue weighted by molar-refractivity contribution is 9.10. The van der Waals surface area contributed by atoms with E-state index < -0.39 is 23.8 Å². The predicted octanol–water partition coefficient (Wildman–Crippen LogP) is 2.42. The first-order valence-corrected chi connectivity index (χ1v) is 8.18. The number of amides is 4. The Morgan fingerprint density at radius 2 is 1.54 bits per heavy atom. The molecule has 0 bridgehead atoms. The van der Waals surface area contributed by atoms with Crippen molar-refractivity contribution in [3.8, 4) is 5.75 Å². The van der Waals surface area contributed by atoms with Crippen molar-refractivity contribution in [2.45, 2.75) is 0 Å². The summed E-state index contributed by atoms with van der Waals surface area (Å²) >= 11 is 3.28. The smallest absolute Gasteiger partial charge is 0.344 e. The average Bonchev–Trinajstić information content (AvgIpc) is 2.60. The van der Waals surface area contributed by atoms with Gasteiger partial charge >= 0.3 is 12.0 Å². The van der Waals surface area contributed by atoms with Crippen LogP contribution in [-0.2, 0) is 9.59 Å². The second-order valence-electron chi connectivity index (χ2n) is 5.23. The summed E-state index contributed by atoms with van der Waals surface area (Å²) in [6.07, 6.45) is 1.33. The zero-order chi connectivity index (χ0) is 18.7. The van der Waals surface area contributed by atoms with Crippen LogP contribution in [0.5, 0.6) is 5.75 Å². The molecule has 1 aliphatic rings. The molecule has 7 nitrogen and oxygen atoms in total. The van der Waals surface area contributed by atoms with Crippen LogP contribution in [0.3, 0.4) is 0 Å². The number of esters is 1. The molecule has 0 atom stereocenters. The van der Waals surface area contributed by atoms with Gasteiger partial charge in [0.1, 0.15) is 11.3 Å². The first kappa shape index (κ1) is 17.6. The lowest BCUT2D eigenvalue weighted by molar-refractivity contribution is -0.123. The molecule has 2 aromatic rings. The van der Waals surface area contributed by atoms with E-state index in [0.29, 0.717) is 21.3 Å². The maximum absolute atomic E-state index is 12.2. The molecule has 0 saturated carbocycles. The summed E-state index contributed by atoms with van der Waals surface area (Å²) in [5.74, 6) is -1.76. The van der Waals surface area contributed by atoms with Gasteiger partial charge in [-0.2, -0.15) is 0 Å². The van der Waals surface area contributed by atoms with Gasteiger partial charge in [0.2, 0.25) is 0 Å². The molecule has 0 unspecified atom stereocenters. The van der Waals surface area contributed by atoms with Crippen LogP contribution in [0.1, 0.15) is 15.9 Å². The van der Waals surface area contributed by atoms with Crippen molar-refractivity contribution < 1.29 is 23.9 Å². The molecule has 0 spiro atoms. The minimum absolute atomic E-state index is 0.192. The number of urea groups is 1. The summed E-state index contributed by atoms with van der Waals surface area (Å²) in [7, 11) is 0. The minimum atomic E-state index is -0.855. The van der Waals surface area contributed by atoms with Gasteiger partial charge in [-0.15, -0.1) is 0 Å². The zero-order valence-electron chi connectivity index (χ0n) is 13.1. The van der Waals surface area contributed by atoms with Gasteiger partial charge in [0.05, 0.1) is 5.56 Å². The van der Waals surface area contributed by atoms with E-state index in [1.54, 1.807) is 36.4 Å². The van der Waals surface area contributed by atoms with Crippen molar-refractivity contribution in [1.82, 2.24) is 10.6 Å². The van der Waals surface area contributed by atoms with Gasteiger partial charge in [0.15, 0.2) is 0 Å². The lowest BCUT2D eigenvalue weighted by atomic mass is 10.1. The predicted molar refractivity (Wildman–Crippen MR) is 95.2 cm³/mol. The molecule has 1 saturated heterocycles. The quantitative estimate of drug-likeness (QED) is 0.347. The van der Waals surface area contributed by atoms with E-state index in [4.69, 9.17) is 4.74 Å². The van der Waals surface area contributed by atoms with Crippen LogP contribution < -0.4 is 15.4 Å². The Balaban J connectivity index is 1.75. The molecule has 4 amide bonds. The molecule has 1 heterocycles. The van der Waals surface area contributed by atoms with Gasteiger partial charge in [-0.05, 0) is 51.8 Å². The fraction of sp³-hybridized carbons (Fsp3) is 0. The van der Waals surface area contributed by atoms with Crippen LogP contribution in [0.15, 0.2) is 58.6 Å². The number of halogens is 1. The molecular formula is C18H11BrN2O5. The van der Waals surface area contributed by atoms with E-state index in [1.807, 2.05) is 10.6 Å². The lowest BCUT2D eigenvalue weighted by Crippen LogP contribution is -2.51. The Morgan fingerprint density at radius 3 is 2.15 bits per heavy atom. The second-order valence-corrected chi connectivity index (χ2v) is 6.09. The highest BCUT2D eigenvalue weighted by Gasteiger charge is 2.27. The van der Waals surface area contributed by atoms with Crippen molar-refractivity contribution in [2.75, 3.05) is 0 Å². The van der Waals surface area contributed by atoms with E-state index in [-0.39, 0.29) is 5.57 Å². The van der Waals surface area contributed by atoms with Gasteiger partial charge in [-0.3, -0.25) is 20.2 Å². The summed E-state index contributed by atoms with van der Waals surface area (Å²) in [6.45, 7) is 0. The lowest BCUT2D eigenvalue weighted by Gasteiger charge is -2.13. The maximum Gasteiger partial charge on any atom is 0.344 e. The number of barbiturate groups is 1. The summed E-state index contributed by atoms with van der Waals surface area (Å²) < 4.78 is 5.91. The van der Waals surface area contributed by atoms with Crippen molar-refractivity contribution in [3.05, 3.63) is 69.7 Å². The SMILES string of the molecule is O=C1NC(=O)C(=Cc2ccc(OC(=O)c3ccccc3Br)cc2)C(=O)N1. The van der Waals surface area contributed by atoms with Gasteiger partial charge in [0.25, 0.3) is 11.8 Å². The number of carbonyl (C=O) groups excluding carboxylic acids is 4. The normalized spacial score (nSPS) is 13.7. The summed E-state index contributed by atoms with van der Waals surface area (Å²) in [4.78, 5) is 46.6. The molecule has 0 aromatic heterocycles. The molecule has 0 aliphatic carbocycles. The van der Waals surface area contributed by atoms with E-state index in [0.717, 1.165) is 0 Å². The molecule has 1 fully saturated rings. The molecule has 8 heteroatoms. The van der Waals surface area contributed by atoms with Crippen molar-refractivity contribution in [1.29, 1.82) is 0 Å². The van der Waals surface area contributed by atoms with Crippen LogP contribution in [-0.4, -0.2) is 23.8 Å². The third-order valence-electron chi connectivity index (χ3n) is 3.44. The van der Waals surface area contributed by atoms with Crippen molar-refractivity contribution in [3.63, 3.8) is 0 Å². The molecular weight excluding hydrogens is 404 g/mol. The highest BCUT2D eigenvalue weighted by Crippen LogP contribution is 2.20. The topological polar surface area (TPSA) is 102 Å². The fourth-order valence-electron chi connectivity index (χ4n) is 2.19. The van der Waals surface area contributed by atoms with E-state index >= 15 is 0 Å². The molecule has 1 aliphatic heterocycles. The Kier molecular flexibility index (Phi) is 4.94. The van der Waals surface area contributed by atoms with Crippen LogP contribution in [0, 0.1) is 0 Å². The van der Waals surface area contributed by atoms with Crippen LogP contribution >= 0.6 is 15.9 Å². The third kappa shape index (κ3) is 3.86. The maximum atomic E-state index is 12.2. The van der Waals surface area contributed by atoms with Gasteiger partial charge in [0, 0.05) is 4.47 Å². The molecule has 2 aromatic carbocycles. The number of rotatable bonds is 3. The molecule has 0 radical (unpaired) electrons. The Bertz CT molecular complexity index is 928. The number of hydrogen-bond acceptors (Lipinski definition) is 5. The first-order chi connectivity index (χ1) is 12.4. The largest absolute Gasteiger partial charge is 0.423 e. The van der Waals surface area contributed by atoms with E-state index in [9.17, 15) is 19.2 Å². The van der Waals surface area contributed by atoms with Crippen LogP contribution in [0.4, 0.5) is 4.79 Å². The van der Waals surface area contributed by atoms with Crippen molar-refractivity contribution >= 4 is 45.8 Å². The molecule has 3 rings (SSSR count). The van der Waals surface area contributed by atoms with Crippen LogP contribution in [0.2, 0.25) is 0 Å². The summed E-state index contributed by atoms with van der Waals surface area (Å²) in [5, 5.41) is 3.98. The summed E-state index contributed by atoms with van der Waals surface area (Å²) in [6, 6.07) is 12.2. The fourth-order valence-corrected chi connectivity index (χ4v) is 2.64. The third-order valence-corrected chi connectivity index (χ3v) is 4.13. The van der Waals surface area contributed by atoms with E-state index in [2.05, 4.69) is 15.9 Å². The number of hydrogen-bond donors (Lipinski definition) is 2. The number of benzene rings is 2. The number of ether oxygens (including phenoxy) is 1. The zero-order valence-corrected chi connectivity index (χ0v) is 14.7. The van der Waals surface area contributed by atoms with Crippen molar-refractivity contribution in [2.24, 2.45) is 0 Å².